The standard InChI is InChI=1S/C17H18N6O3S/c1-10(2)8-13-14(16(25)26-3)19-17(27-13)20-15(24)11-4-6-12(7-5-11)23-9-18-21-22-23/h4-7,9-10H,8H2,1-3H3,(H,19,20,24). The zero-order valence-corrected chi connectivity index (χ0v) is 15.9. The lowest BCUT2D eigenvalue weighted by molar-refractivity contribution is 0.0593. The van der Waals surface area contributed by atoms with Crippen LogP contribution in [0.2, 0.25) is 0 Å². The second-order valence-electron chi connectivity index (χ2n) is 6.14. The maximum Gasteiger partial charge on any atom is 0.357 e. The van der Waals surface area contributed by atoms with Gasteiger partial charge in [-0.1, -0.05) is 13.8 Å². The quantitative estimate of drug-likeness (QED) is 0.647. The van der Waals surface area contributed by atoms with Crippen molar-refractivity contribution in [2.75, 3.05) is 12.4 Å². The van der Waals surface area contributed by atoms with Crippen molar-refractivity contribution < 1.29 is 14.3 Å². The lowest BCUT2D eigenvalue weighted by Gasteiger charge is -2.03. The summed E-state index contributed by atoms with van der Waals surface area (Å²) in [7, 11) is 1.31. The smallest absolute Gasteiger partial charge is 0.357 e. The monoisotopic (exact) mass is 386 g/mol. The Morgan fingerprint density at radius 2 is 2.00 bits per heavy atom. The van der Waals surface area contributed by atoms with Crippen LogP contribution in [0, 0.1) is 5.92 Å². The Hall–Kier alpha value is -3.14. The number of tetrazole rings is 1. The highest BCUT2D eigenvalue weighted by atomic mass is 32.1. The summed E-state index contributed by atoms with van der Waals surface area (Å²) in [6, 6.07) is 6.79. The van der Waals surface area contributed by atoms with Gasteiger partial charge < -0.3 is 4.74 Å². The molecule has 9 nitrogen and oxygen atoms in total. The van der Waals surface area contributed by atoms with Gasteiger partial charge in [0.1, 0.15) is 6.33 Å². The largest absolute Gasteiger partial charge is 0.464 e. The van der Waals surface area contributed by atoms with E-state index in [9.17, 15) is 9.59 Å². The number of aromatic nitrogens is 5. The Morgan fingerprint density at radius 1 is 1.26 bits per heavy atom. The van der Waals surface area contributed by atoms with Gasteiger partial charge in [-0.2, -0.15) is 0 Å². The first-order valence-corrected chi connectivity index (χ1v) is 9.02. The van der Waals surface area contributed by atoms with E-state index in [4.69, 9.17) is 4.74 Å². The van der Waals surface area contributed by atoms with Gasteiger partial charge in [0.15, 0.2) is 10.8 Å². The molecule has 0 saturated heterocycles. The van der Waals surface area contributed by atoms with Gasteiger partial charge in [0.2, 0.25) is 0 Å². The van der Waals surface area contributed by atoms with Crippen LogP contribution in [0.4, 0.5) is 5.13 Å². The van der Waals surface area contributed by atoms with E-state index in [0.29, 0.717) is 23.0 Å². The fourth-order valence-electron chi connectivity index (χ4n) is 2.38. The van der Waals surface area contributed by atoms with Gasteiger partial charge in [0.25, 0.3) is 5.91 Å². The molecule has 1 amide bonds. The molecule has 0 aliphatic rings. The number of carbonyl (C=O) groups is 2. The van der Waals surface area contributed by atoms with E-state index in [1.807, 2.05) is 13.8 Å². The number of benzene rings is 1. The maximum absolute atomic E-state index is 12.5. The summed E-state index contributed by atoms with van der Waals surface area (Å²) < 4.78 is 6.27. The van der Waals surface area contributed by atoms with Crippen molar-refractivity contribution in [2.45, 2.75) is 20.3 Å². The second kappa shape index (κ2) is 8.04. The molecule has 0 saturated carbocycles. The van der Waals surface area contributed by atoms with E-state index in [-0.39, 0.29) is 11.6 Å². The number of rotatable bonds is 6. The van der Waals surface area contributed by atoms with Gasteiger partial charge in [0, 0.05) is 10.4 Å². The zero-order valence-electron chi connectivity index (χ0n) is 15.0. The molecule has 0 radical (unpaired) electrons. The van der Waals surface area contributed by atoms with Crippen molar-refractivity contribution in [2.24, 2.45) is 5.92 Å². The van der Waals surface area contributed by atoms with Crippen LogP contribution in [-0.2, 0) is 11.2 Å². The Kier molecular flexibility index (Phi) is 5.55. The third kappa shape index (κ3) is 4.34. The first-order chi connectivity index (χ1) is 13.0. The van der Waals surface area contributed by atoms with E-state index in [1.54, 1.807) is 24.3 Å². The number of thiazole rings is 1. The number of methoxy groups -OCH3 is 1. The van der Waals surface area contributed by atoms with Gasteiger partial charge in [-0.15, -0.1) is 16.4 Å². The summed E-state index contributed by atoms with van der Waals surface area (Å²) in [5.41, 5.74) is 1.44. The van der Waals surface area contributed by atoms with Crippen molar-refractivity contribution in [1.82, 2.24) is 25.2 Å². The van der Waals surface area contributed by atoms with Crippen LogP contribution in [0.15, 0.2) is 30.6 Å². The Bertz CT molecular complexity index is 934. The molecule has 0 aliphatic heterocycles. The average molecular weight is 386 g/mol. The molecule has 1 N–H and O–H groups in total. The van der Waals surface area contributed by atoms with Gasteiger partial charge >= 0.3 is 5.97 Å². The highest BCUT2D eigenvalue weighted by Gasteiger charge is 2.20. The van der Waals surface area contributed by atoms with E-state index in [2.05, 4.69) is 25.8 Å². The van der Waals surface area contributed by atoms with Gasteiger partial charge in [-0.3, -0.25) is 10.1 Å². The molecule has 2 aromatic heterocycles. The molecule has 1 aromatic carbocycles. The van der Waals surface area contributed by atoms with Gasteiger partial charge in [0.05, 0.1) is 12.8 Å². The lowest BCUT2D eigenvalue weighted by atomic mass is 10.1. The predicted octanol–water partition coefficient (Wildman–Crippen LogP) is 2.36. The van der Waals surface area contributed by atoms with Crippen LogP contribution >= 0.6 is 11.3 Å². The molecule has 3 rings (SSSR count). The SMILES string of the molecule is COC(=O)c1nc(NC(=O)c2ccc(-n3cnnn3)cc2)sc1CC(C)C. The van der Waals surface area contributed by atoms with Crippen molar-refractivity contribution in [3.63, 3.8) is 0 Å². The molecule has 140 valence electrons. The summed E-state index contributed by atoms with van der Waals surface area (Å²) in [5, 5.41) is 14.0. The third-order valence-corrected chi connectivity index (χ3v) is 4.63. The Morgan fingerprint density at radius 3 is 2.59 bits per heavy atom. The number of esters is 1. The van der Waals surface area contributed by atoms with E-state index in [1.165, 1.54) is 29.5 Å². The summed E-state index contributed by atoms with van der Waals surface area (Å²) in [5.74, 6) is -0.482. The van der Waals surface area contributed by atoms with Crippen LogP contribution in [0.5, 0.6) is 0 Å². The fraction of sp³-hybridized carbons (Fsp3) is 0.294. The van der Waals surface area contributed by atoms with Crippen LogP contribution in [0.3, 0.4) is 0 Å². The molecular formula is C17H18N6O3S. The molecule has 10 heteroatoms. The number of nitrogens with zero attached hydrogens (tertiary/aromatic N) is 5. The van der Waals surface area contributed by atoms with E-state index < -0.39 is 5.97 Å². The van der Waals surface area contributed by atoms with Crippen molar-refractivity contribution in [1.29, 1.82) is 0 Å². The predicted molar refractivity (Wildman–Crippen MR) is 99.1 cm³/mol. The molecule has 0 aliphatic carbocycles. The number of ether oxygens (including phenoxy) is 1. The first kappa shape index (κ1) is 18.6. The fourth-order valence-corrected chi connectivity index (χ4v) is 3.54. The molecule has 0 unspecified atom stereocenters. The minimum absolute atomic E-state index is 0.250. The third-order valence-electron chi connectivity index (χ3n) is 3.63. The zero-order chi connectivity index (χ0) is 19.4. The van der Waals surface area contributed by atoms with E-state index in [0.717, 1.165) is 10.6 Å². The van der Waals surface area contributed by atoms with Crippen molar-refractivity contribution in [3.05, 3.63) is 46.7 Å². The minimum atomic E-state index is -0.506. The number of anilines is 1. The van der Waals surface area contributed by atoms with Gasteiger partial charge in [-0.25, -0.2) is 14.5 Å². The average Bonchev–Trinajstić information content (AvgIpc) is 3.31. The number of hydrogen-bond acceptors (Lipinski definition) is 8. The molecule has 0 spiro atoms. The van der Waals surface area contributed by atoms with Crippen LogP contribution in [0.25, 0.3) is 5.69 Å². The normalized spacial score (nSPS) is 10.8. The van der Waals surface area contributed by atoms with Crippen LogP contribution in [0.1, 0.15) is 39.6 Å². The molecule has 27 heavy (non-hydrogen) atoms. The highest BCUT2D eigenvalue weighted by Crippen LogP contribution is 2.27. The topological polar surface area (TPSA) is 112 Å². The molecular weight excluding hydrogens is 368 g/mol. The summed E-state index contributed by atoms with van der Waals surface area (Å²) in [4.78, 5) is 29.4. The molecule has 0 bridgehead atoms. The Labute approximate surface area is 159 Å². The number of amides is 1. The van der Waals surface area contributed by atoms with Crippen LogP contribution < -0.4 is 5.32 Å². The highest BCUT2D eigenvalue weighted by molar-refractivity contribution is 7.16. The Balaban J connectivity index is 1.77. The first-order valence-electron chi connectivity index (χ1n) is 8.20. The second-order valence-corrected chi connectivity index (χ2v) is 7.22. The van der Waals surface area contributed by atoms with Crippen molar-refractivity contribution in [3.8, 4) is 5.69 Å². The molecule has 3 aromatic rings. The number of carbonyl (C=O) groups excluding carboxylic acids is 2. The molecule has 0 atom stereocenters. The van der Waals surface area contributed by atoms with E-state index >= 15 is 0 Å². The number of hydrogen-bond donors (Lipinski definition) is 1. The summed E-state index contributed by atoms with van der Waals surface area (Å²) in [6.45, 7) is 4.09. The number of nitrogens with one attached hydrogen (secondary N) is 1. The minimum Gasteiger partial charge on any atom is -0.464 e. The molecule has 0 fully saturated rings. The summed E-state index contributed by atoms with van der Waals surface area (Å²) >= 11 is 1.28. The summed E-state index contributed by atoms with van der Waals surface area (Å²) in [6.07, 6.45) is 2.15. The van der Waals surface area contributed by atoms with Crippen molar-refractivity contribution >= 4 is 28.3 Å². The van der Waals surface area contributed by atoms with Crippen LogP contribution in [-0.4, -0.2) is 44.2 Å². The maximum atomic E-state index is 12.5. The lowest BCUT2D eigenvalue weighted by Crippen LogP contribution is -2.12. The van der Waals surface area contributed by atoms with Gasteiger partial charge in [-0.05, 0) is 47.0 Å². The molecule has 2 heterocycles.